The summed E-state index contributed by atoms with van der Waals surface area (Å²) in [5.74, 6) is 0.432. The monoisotopic (exact) mass is 574 g/mol. The molecule has 4 aromatic carbocycles. The van der Waals surface area contributed by atoms with Gasteiger partial charge in [0.15, 0.2) is 6.61 Å². The van der Waals surface area contributed by atoms with Crippen molar-refractivity contribution >= 4 is 5.97 Å². The fourth-order valence-electron chi connectivity index (χ4n) is 4.05. The summed E-state index contributed by atoms with van der Waals surface area (Å²) >= 11 is 0. The number of carbonyl (C=O) groups excluding carboxylic acids is 1. The summed E-state index contributed by atoms with van der Waals surface area (Å²) in [7, 11) is 1.25. The molecule has 214 valence electrons. The molecule has 0 saturated heterocycles. The predicted octanol–water partition coefficient (Wildman–Crippen LogP) is 8.50. The van der Waals surface area contributed by atoms with Crippen molar-refractivity contribution in [2.45, 2.75) is 25.9 Å². The summed E-state index contributed by atoms with van der Waals surface area (Å²) in [6.07, 6.45) is -8.98. The Balaban J connectivity index is 1.63. The predicted molar refractivity (Wildman–Crippen MR) is 140 cm³/mol. The molecule has 0 bridgehead atoms. The van der Waals surface area contributed by atoms with Crippen LogP contribution in [0.3, 0.4) is 0 Å². The first-order valence-corrected chi connectivity index (χ1v) is 12.3. The zero-order chi connectivity index (χ0) is 29.8. The van der Waals surface area contributed by atoms with Crippen LogP contribution in [0.5, 0.6) is 11.5 Å². The van der Waals surface area contributed by atoms with E-state index in [1.807, 2.05) is 0 Å². The second-order valence-electron chi connectivity index (χ2n) is 9.15. The van der Waals surface area contributed by atoms with Crippen molar-refractivity contribution < 1.29 is 45.3 Å². The largest absolute Gasteiger partial charge is 0.489 e. The topological polar surface area (TPSA) is 44.8 Å². The van der Waals surface area contributed by atoms with E-state index in [1.165, 1.54) is 31.4 Å². The molecule has 0 aliphatic heterocycles. The molecule has 10 heteroatoms. The molecule has 0 fully saturated rings. The van der Waals surface area contributed by atoms with Crippen LogP contribution in [0.4, 0.5) is 26.3 Å². The number of benzene rings is 4. The quantitative estimate of drug-likeness (QED) is 0.156. The molecule has 41 heavy (non-hydrogen) atoms. The van der Waals surface area contributed by atoms with Crippen molar-refractivity contribution in [1.82, 2.24) is 0 Å². The van der Waals surface area contributed by atoms with Crippen LogP contribution in [0.2, 0.25) is 0 Å². The number of halogens is 6. The first-order valence-electron chi connectivity index (χ1n) is 12.3. The molecule has 0 radical (unpaired) electrons. The SMILES string of the molecule is COC(=O)COc1ccc(OCc2cc(-c3ccc(C(F)(F)F)cc3)cc(-c3ccc(C(F)(F)F)cc3)c2)cc1C. The maximum absolute atomic E-state index is 13.1. The maximum atomic E-state index is 13.1. The van der Waals surface area contributed by atoms with E-state index in [2.05, 4.69) is 4.74 Å². The van der Waals surface area contributed by atoms with E-state index in [4.69, 9.17) is 9.47 Å². The van der Waals surface area contributed by atoms with Gasteiger partial charge in [-0.3, -0.25) is 0 Å². The molecular formula is C31H24F6O4. The van der Waals surface area contributed by atoms with Gasteiger partial charge >= 0.3 is 18.3 Å². The molecule has 0 heterocycles. The van der Waals surface area contributed by atoms with Gasteiger partial charge in [0.05, 0.1) is 18.2 Å². The maximum Gasteiger partial charge on any atom is 0.416 e. The third kappa shape index (κ3) is 7.59. The minimum atomic E-state index is -4.49. The van der Waals surface area contributed by atoms with E-state index in [1.54, 1.807) is 43.3 Å². The number of aryl methyl sites for hydroxylation is 1. The van der Waals surface area contributed by atoms with Crippen molar-refractivity contribution in [3.63, 3.8) is 0 Å². The van der Waals surface area contributed by atoms with E-state index in [0.717, 1.165) is 24.3 Å². The Bertz CT molecular complexity index is 1430. The highest BCUT2D eigenvalue weighted by Gasteiger charge is 2.31. The van der Waals surface area contributed by atoms with Crippen molar-refractivity contribution in [2.75, 3.05) is 13.7 Å². The van der Waals surface area contributed by atoms with Crippen LogP contribution in [0.15, 0.2) is 84.9 Å². The highest BCUT2D eigenvalue weighted by atomic mass is 19.4. The van der Waals surface area contributed by atoms with E-state index in [0.29, 0.717) is 44.9 Å². The number of ether oxygens (including phenoxy) is 3. The molecule has 4 rings (SSSR count). The van der Waals surface area contributed by atoms with Crippen LogP contribution in [-0.4, -0.2) is 19.7 Å². The highest BCUT2D eigenvalue weighted by molar-refractivity contribution is 5.74. The average molecular weight is 575 g/mol. The van der Waals surface area contributed by atoms with Gasteiger partial charge in [-0.05, 0) is 101 Å². The summed E-state index contributed by atoms with van der Waals surface area (Å²) in [5, 5.41) is 0. The Labute approximate surface area is 232 Å². The third-order valence-corrected chi connectivity index (χ3v) is 6.21. The third-order valence-electron chi connectivity index (χ3n) is 6.21. The number of hydrogen-bond donors (Lipinski definition) is 0. The Morgan fingerprint density at radius 2 is 1.17 bits per heavy atom. The zero-order valence-electron chi connectivity index (χ0n) is 21.9. The van der Waals surface area contributed by atoms with Crippen molar-refractivity contribution in [3.8, 4) is 33.8 Å². The van der Waals surface area contributed by atoms with Crippen molar-refractivity contribution in [2.24, 2.45) is 0 Å². The molecule has 0 saturated carbocycles. The van der Waals surface area contributed by atoms with Crippen molar-refractivity contribution in [1.29, 1.82) is 0 Å². The molecule has 0 atom stereocenters. The lowest BCUT2D eigenvalue weighted by atomic mass is 9.95. The molecule has 0 unspecified atom stereocenters. The molecule has 0 N–H and O–H groups in total. The van der Waals surface area contributed by atoms with E-state index in [-0.39, 0.29) is 13.2 Å². The fourth-order valence-corrected chi connectivity index (χ4v) is 4.05. The number of esters is 1. The normalized spacial score (nSPS) is 11.7. The first kappa shape index (κ1) is 29.5. The summed E-state index contributed by atoms with van der Waals surface area (Å²) < 4.78 is 94.4. The van der Waals surface area contributed by atoms with Gasteiger partial charge in [-0.2, -0.15) is 26.3 Å². The van der Waals surface area contributed by atoms with Crippen LogP contribution >= 0.6 is 0 Å². The van der Waals surface area contributed by atoms with Gasteiger partial charge in [-0.1, -0.05) is 24.3 Å². The Hall–Kier alpha value is -4.47. The Kier molecular flexibility index (Phi) is 8.60. The van der Waals surface area contributed by atoms with Gasteiger partial charge in [0.25, 0.3) is 0 Å². The molecule has 0 amide bonds. The average Bonchev–Trinajstić information content (AvgIpc) is 2.94. The second-order valence-corrected chi connectivity index (χ2v) is 9.15. The van der Waals surface area contributed by atoms with Crippen LogP contribution in [0.25, 0.3) is 22.3 Å². The standard InChI is InChI=1S/C31H24F6O4/c1-19-13-27(11-12-28(19)41-18-29(38)39-2)40-17-20-14-23(21-3-7-25(8-4-21)30(32,33)34)16-24(15-20)22-5-9-26(10-6-22)31(35,36)37/h3-16H,17-18H2,1-2H3. The van der Waals surface area contributed by atoms with Crippen LogP contribution in [-0.2, 0) is 28.5 Å². The minimum absolute atomic E-state index is 0.0594. The number of alkyl halides is 6. The molecule has 4 nitrogen and oxygen atoms in total. The number of carbonyl (C=O) groups is 1. The summed E-state index contributed by atoms with van der Waals surface area (Å²) in [6.45, 7) is 1.58. The second kappa shape index (κ2) is 12.0. The highest BCUT2D eigenvalue weighted by Crippen LogP contribution is 2.35. The van der Waals surface area contributed by atoms with Crippen LogP contribution in [0, 0.1) is 6.92 Å². The summed E-state index contributed by atoms with van der Waals surface area (Å²) in [5.41, 5.74) is 1.88. The van der Waals surface area contributed by atoms with Gasteiger partial charge in [-0.15, -0.1) is 0 Å². The van der Waals surface area contributed by atoms with Gasteiger partial charge in [0.2, 0.25) is 0 Å². The molecule has 0 aliphatic rings. The molecule has 0 aliphatic carbocycles. The van der Waals surface area contributed by atoms with Crippen molar-refractivity contribution in [3.05, 3.63) is 107 Å². The van der Waals surface area contributed by atoms with Gasteiger partial charge in [0, 0.05) is 0 Å². The Morgan fingerprint density at radius 1 is 0.659 bits per heavy atom. The van der Waals surface area contributed by atoms with E-state index >= 15 is 0 Å². The van der Waals surface area contributed by atoms with Gasteiger partial charge in [0.1, 0.15) is 18.1 Å². The van der Waals surface area contributed by atoms with Gasteiger partial charge in [-0.25, -0.2) is 4.79 Å². The molecular weight excluding hydrogens is 550 g/mol. The molecule has 0 aromatic heterocycles. The first-order chi connectivity index (χ1) is 19.3. The number of rotatable bonds is 8. The minimum Gasteiger partial charge on any atom is -0.489 e. The number of hydrogen-bond acceptors (Lipinski definition) is 4. The smallest absolute Gasteiger partial charge is 0.416 e. The number of methoxy groups -OCH3 is 1. The lowest BCUT2D eigenvalue weighted by molar-refractivity contribution is -0.143. The molecule has 4 aromatic rings. The Morgan fingerprint density at radius 3 is 1.61 bits per heavy atom. The lowest BCUT2D eigenvalue weighted by Gasteiger charge is -2.14. The summed E-state index contributed by atoms with van der Waals surface area (Å²) in [4.78, 5) is 11.3. The van der Waals surface area contributed by atoms with Crippen LogP contribution < -0.4 is 9.47 Å². The summed E-state index contributed by atoms with van der Waals surface area (Å²) in [6, 6.07) is 19.5. The van der Waals surface area contributed by atoms with E-state index in [9.17, 15) is 31.1 Å². The lowest BCUT2D eigenvalue weighted by Crippen LogP contribution is -2.13. The van der Waals surface area contributed by atoms with Gasteiger partial charge < -0.3 is 14.2 Å². The fraction of sp³-hybridized carbons (Fsp3) is 0.194. The zero-order valence-corrected chi connectivity index (χ0v) is 21.9. The molecule has 0 spiro atoms. The van der Waals surface area contributed by atoms with Crippen LogP contribution in [0.1, 0.15) is 22.3 Å². The van der Waals surface area contributed by atoms with E-state index < -0.39 is 29.4 Å².